The number of ether oxygens (including phenoxy) is 1. The molecule has 1 atom stereocenters. The van der Waals surface area contributed by atoms with Gasteiger partial charge in [0.25, 0.3) is 5.91 Å². The Morgan fingerprint density at radius 1 is 1.13 bits per heavy atom. The molecule has 3 rings (SSSR count). The summed E-state index contributed by atoms with van der Waals surface area (Å²) in [5.41, 5.74) is 1.71. The van der Waals surface area contributed by atoms with Crippen LogP contribution in [0.1, 0.15) is 32.3 Å². The Labute approximate surface area is 189 Å². The number of carbonyl (C=O) groups excluding carboxylic acids is 2. The second kappa shape index (κ2) is 10.9. The molecule has 164 valence electrons. The van der Waals surface area contributed by atoms with E-state index in [0.29, 0.717) is 30.5 Å². The van der Waals surface area contributed by atoms with E-state index < -0.39 is 6.04 Å². The van der Waals surface area contributed by atoms with Gasteiger partial charge in [0, 0.05) is 13.1 Å². The van der Waals surface area contributed by atoms with E-state index in [9.17, 15) is 9.59 Å². The van der Waals surface area contributed by atoms with Crippen molar-refractivity contribution in [1.82, 2.24) is 10.2 Å². The maximum absolute atomic E-state index is 13.3. The summed E-state index contributed by atoms with van der Waals surface area (Å²) in [6.07, 6.45) is 1.75. The van der Waals surface area contributed by atoms with Crippen LogP contribution in [-0.2, 0) is 16.0 Å². The number of carbonyl (C=O) groups is 2. The number of imide groups is 1. The van der Waals surface area contributed by atoms with Crippen LogP contribution in [0.5, 0.6) is 5.75 Å². The number of thiocarbonyl (C=S) groups is 1. The van der Waals surface area contributed by atoms with Crippen LogP contribution in [0.4, 0.5) is 5.69 Å². The summed E-state index contributed by atoms with van der Waals surface area (Å²) in [5, 5.41) is 3.63. The molecule has 0 radical (unpaired) electrons. The minimum Gasteiger partial charge on any atom is -0.494 e. The van der Waals surface area contributed by atoms with E-state index in [2.05, 4.69) is 5.32 Å². The Morgan fingerprint density at radius 3 is 2.48 bits per heavy atom. The van der Waals surface area contributed by atoms with Crippen LogP contribution in [0.25, 0.3) is 0 Å². The van der Waals surface area contributed by atoms with Crippen LogP contribution in [0.3, 0.4) is 0 Å². The molecule has 1 fully saturated rings. The Kier molecular flexibility index (Phi) is 8.00. The summed E-state index contributed by atoms with van der Waals surface area (Å²) in [6.45, 7) is 5.83. The van der Waals surface area contributed by atoms with Gasteiger partial charge in [0.05, 0.1) is 18.7 Å². The summed E-state index contributed by atoms with van der Waals surface area (Å²) < 4.78 is 5.60. The molecule has 1 aliphatic rings. The molecule has 31 heavy (non-hydrogen) atoms. The zero-order valence-corrected chi connectivity index (χ0v) is 18.9. The van der Waals surface area contributed by atoms with Crippen molar-refractivity contribution in [3.8, 4) is 5.75 Å². The number of hydrogen-bond acceptors (Lipinski definition) is 4. The molecule has 0 saturated carbocycles. The minimum absolute atomic E-state index is 0.104. The third kappa shape index (κ3) is 5.61. The van der Waals surface area contributed by atoms with Crippen LogP contribution in [-0.4, -0.2) is 47.6 Å². The first-order valence-electron chi connectivity index (χ1n) is 10.7. The Morgan fingerprint density at radius 2 is 1.84 bits per heavy atom. The molecule has 0 spiro atoms. The second-order valence-corrected chi connectivity index (χ2v) is 7.78. The quantitative estimate of drug-likeness (QED) is 0.476. The first-order chi connectivity index (χ1) is 15.0. The van der Waals surface area contributed by atoms with E-state index in [1.807, 2.05) is 49.1 Å². The average molecular weight is 440 g/mol. The summed E-state index contributed by atoms with van der Waals surface area (Å²) in [6, 6.07) is 16.5. The molecule has 0 aromatic heterocycles. The highest BCUT2D eigenvalue weighted by Crippen LogP contribution is 2.28. The molecule has 1 aliphatic heterocycles. The zero-order valence-electron chi connectivity index (χ0n) is 18.0. The van der Waals surface area contributed by atoms with Crippen molar-refractivity contribution in [2.45, 2.75) is 39.2 Å². The number of rotatable bonds is 9. The maximum atomic E-state index is 13.3. The number of nitrogens with one attached hydrogen (secondary N) is 1. The van der Waals surface area contributed by atoms with Gasteiger partial charge in [-0.3, -0.25) is 9.59 Å². The van der Waals surface area contributed by atoms with Gasteiger partial charge in [0.1, 0.15) is 11.8 Å². The number of nitrogens with zero attached hydrogens (tertiary/aromatic N) is 2. The molecule has 2 aromatic rings. The zero-order chi connectivity index (χ0) is 22.2. The van der Waals surface area contributed by atoms with Gasteiger partial charge in [-0.25, -0.2) is 4.90 Å². The maximum Gasteiger partial charge on any atom is 0.257 e. The molecule has 0 aliphatic carbocycles. The van der Waals surface area contributed by atoms with Crippen molar-refractivity contribution in [3.63, 3.8) is 0 Å². The van der Waals surface area contributed by atoms with Crippen LogP contribution < -0.4 is 15.0 Å². The molecule has 2 aromatic carbocycles. The molecule has 7 heteroatoms. The normalized spacial score (nSPS) is 15.8. The van der Waals surface area contributed by atoms with Crippen LogP contribution >= 0.6 is 12.2 Å². The molecule has 1 N–H and O–H groups in total. The molecule has 0 unspecified atom stereocenters. The van der Waals surface area contributed by atoms with E-state index in [4.69, 9.17) is 17.0 Å². The monoisotopic (exact) mass is 439 g/mol. The number of anilines is 1. The van der Waals surface area contributed by atoms with Crippen LogP contribution in [0.2, 0.25) is 0 Å². The molecule has 1 heterocycles. The Hall–Kier alpha value is -2.93. The third-order valence-electron chi connectivity index (χ3n) is 5.14. The molecule has 6 nitrogen and oxygen atoms in total. The SMILES string of the molecule is CCCOc1ccc(N2C(=O)C[C@H](N(CCc3ccccc3)C(=S)NCC)C2=O)cc1. The lowest BCUT2D eigenvalue weighted by molar-refractivity contribution is -0.122. The summed E-state index contributed by atoms with van der Waals surface area (Å²) in [4.78, 5) is 29.2. The van der Waals surface area contributed by atoms with Crippen molar-refractivity contribution < 1.29 is 14.3 Å². The first-order valence-corrected chi connectivity index (χ1v) is 11.1. The van der Waals surface area contributed by atoms with E-state index in [1.54, 1.807) is 24.3 Å². The molecular formula is C24H29N3O3S. The van der Waals surface area contributed by atoms with Gasteiger partial charge in [0.2, 0.25) is 5.91 Å². The highest BCUT2D eigenvalue weighted by molar-refractivity contribution is 7.80. The fourth-order valence-corrected chi connectivity index (χ4v) is 3.95. The van der Waals surface area contributed by atoms with Crippen molar-refractivity contribution in [3.05, 3.63) is 60.2 Å². The van der Waals surface area contributed by atoms with Crippen molar-refractivity contribution in [1.29, 1.82) is 0 Å². The van der Waals surface area contributed by atoms with E-state index >= 15 is 0 Å². The van der Waals surface area contributed by atoms with Gasteiger partial charge in [0.15, 0.2) is 5.11 Å². The second-order valence-electron chi connectivity index (χ2n) is 7.39. The standard InChI is InChI=1S/C24H29N3O3S/c1-3-16-30-20-12-10-19(11-13-20)27-22(28)17-21(23(27)29)26(24(31)25-4-2)15-14-18-8-6-5-7-9-18/h5-13,21H,3-4,14-17H2,1-2H3,(H,25,31)/t21-/m0/s1. The van der Waals surface area contributed by atoms with Gasteiger partial charge in [-0.1, -0.05) is 37.3 Å². The minimum atomic E-state index is -0.612. The lowest BCUT2D eigenvalue weighted by Crippen LogP contribution is -2.50. The van der Waals surface area contributed by atoms with Gasteiger partial charge in [-0.2, -0.15) is 0 Å². The van der Waals surface area contributed by atoms with E-state index in [-0.39, 0.29) is 18.2 Å². The third-order valence-corrected chi connectivity index (χ3v) is 5.52. The Bertz CT molecular complexity index is 902. The van der Waals surface area contributed by atoms with Gasteiger partial charge in [-0.05, 0) is 61.8 Å². The van der Waals surface area contributed by atoms with E-state index in [0.717, 1.165) is 24.2 Å². The van der Waals surface area contributed by atoms with Gasteiger partial charge < -0.3 is 15.0 Å². The lowest BCUT2D eigenvalue weighted by Gasteiger charge is -2.30. The molecule has 2 amide bonds. The fraction of sp³-hybridized carbons (Fsp3) is 0.375. The smallest absolute Gasteiger partial charge is 0.257 e. The predicted molar refractivity (Wildman–Crippen MR) is 126 cm³/mol. The summed E-state index contributed by atoms with van der Waals surface area (Å²) >= 11 is 5.55. The topological polar surface area (TPSA) is 61.9 Å². The van der Waals surface area contributed by atoms with Crippen molar-refractivity contribution in [2.75, 3.05) is 24.6 Å². The van der Waals surface area contributed by atoms with Crippen LogP contribution in [0, 0.1) is 0 Å². The fourth-order valence-electron chi connectivity index (χ4n) is 3.59. The van der Waals surface area contributed by atoms with Crippen LogP contribution in [0.15, 0.2) is 54.6 Å². The highest BCUT2D eigenvalue weighted by atomic mass is 32.1. The van der Waals surface area contributed by atoms with Crippen molar-refractivity contribution >= 4 is 34.8 Å². The lowest BCUT2D eigenvalue weighted by atomic mass is 10.1. The number of benzene rings is 2. The molecule has 1 saturated heterocycles. The first kappa shape index (κ1) is 22.7. The number of hydrogen-bond donors (Lipinski definition) is 1. The Balaban J connectivity index is 1.76. The molecular weight excluding hydrogens is 410 g/mol. The number of amides is 2. The van der Waals surface area contributed by atoms with Gasteiger partial charge in [-0.15, -0.1) is 0 Å². The predicted octanol–water partition coefficient (Wildman–Crippen LogP) is 3.55. The summed E-state index contributed by atoms with van der Waals surface area (Å²) in [5.74, 6) is 0.251. The van der Waals surface area contributed by atoms with Crippen molar-refractivity contribution in [2.24, 2.45) is 0 Å². The highest BCUT2D eigenvalue weighted by Gasteiger charge is 2.43. The largest absolute Gasteiger partial charge is 0.494 e. The average Bonchev–Trinajstić information content (AvgIpc) is 3.07. The van der Waals surface area contributed by atoms with E-state index in [1.165, 1.54) is 4.90 Å². The van der Waals surface area contributed by atoms with Gasteiger partial charge >= 0.3 is 0 Å². The molecule has 0 bridgehead atoms. The summed E-state index contributed by atoms with van der Waals surface area (Å²) in [7, 11) is 0.